The summed E-state index contributed by atoms with van der Waals surface area (Å²) >= 11 is 6.98. The number of amides is 2. The van der Waals surface area contributed by atoms with Gasteiger partial charge in [-0.15, -0.1) is 23.5 Å². The van der Waals surface area contributed by atoms with E-state index in [1.807, 2.05) is 114 Å². The lowest BCUT2D eigenvalue weighted by molar-refractivity contribution is 0.00578. The Morgan fingerprint density at radius 3 is 1.50 bits per heavy atom. The van der Waals surface area contributed by atoms with E-state index in [1.165, 1.54) is 38.0 Å². The van der Waals surface area contributed by atoms with Crippen molar-refractivity contribution in [2.24, 2.45) is 0 Å². The third kappa shape index (κ3) is 12.9. The molecule has 3 aliphatic rings. The van der Waals surface area contributed by atoms with Gasteiger partial charge in [-0.3, -0.25) is 19.8 Å². The molecule has 3 aliphatic heterocycles. The molecule has 0 unspecified atom stereocenters. The molecule has 354 valence electrons. The van der Waals surface area contributed by atoms with E-state index in [-0.39, 0.29) is 18.0 Å². The predicted octanol–water partition coefficient (Wildman–Crippen LogP) is 12.9. The highest BCUT2D eigenvalue weighted by Gasteiger charge is 2.52. The largest absolute Gasteiger partial charge is 0.497 e. The van der Waals surface area contributed by atoms with Crippen LogP contribution in [-0.2, 0) is 30.3 Å². The first-order valence-corrected chi connectivity index (χ1v) is 25.2. The zero-order valence-electron chi connectivity index (χ0n) is 38.9. The Hall–Kier alpha value is -5.26. The maximum Gasteiger partial charge on any atom is 0.497 e. The summed E-state index contributed by atoms with van der Waals surface area (Å²) in [6, 6.07) is 33.8. The van der Waals surface area contributed by atoms with Gasteiger partial charge in [-0.25, -0.2) is 18.4 Å². The van der Waals surface area contributed by atoms with Crippen molar-refractivity contribution in [1.82, 2.24) is 9.97 Å². The van der Waals surface area contributed by atoms with Gasteiger partial charge in [-0.05, 0) is 148 Å². The molecule has 5 heterocycles. The maximum absolute atomic E-state index is 14.8. The first-order valence-electron chi connectivity index (χ1n) is 22.4. The Labute approximate surface area is 414 Å². The standard InChI is InChI=1S/C23H21FN2O2S.C17H23BFNO4.C12H10BrNS/c1-2-19-14-26(23(27)28-19)18-5-8-21(22(24)13-18)17-3-6-20(7-4-17)29-15-16-9-11-25-12-10-16;1-6-12-10-20(15(21)22-12)11-7-8-13(14(19)9-11)18-23-16(2,3)17(4,5)24-18;13-11-1-3-12(4-2-11)15-9-10-5-7-14-8-6-10/h3-13,19H,2,14-15H2,1H3;7-9,12H,6,10H2,1-5H3;1-8H,9H2/t19-;12-;/m00./s1. The number of aromatic nitrogens is 2. The number of anilines is 2. The van der Waals surface area contributed by atoms with Gasteiger partial charge >= 0.3 is 19.3 Å². The lowest BCUT2D eigenvalue weighted by atomic mass is 9.78. The van der Waals surface area contributed by atoms with Crippen molar-refractivity contribution in [2.75, 3.05) is 22.9 Å². The van der Waals surface area contributed by atoms with E-state index >= 15 is 0 Å². The van der Waals surface area contributed by atoms with Gasteiger partial charge in [-0.1, -0.05) is 48.0 Å². The molecule has 0 bridgehead atoms. The van der Waals surface area contributed by atoms with Crippen LogP contribution in [0.25, 0.3) is 11.1 Å². The highest BCUT2D eigenvalue weighted by atomic mass is 79.9. The minimum atomic E-state index is -0.766. The number of thioether (sulfide) groups is 2. The number of carbonyl (C=O) groups is 2. The van der Waals surface area contributed by atoms with Gasteiger partial charge in [0.15, 0.2) is 0 Å². The van der Waals surface area contributed by atoms with Crippen LogP contribution in [0.3, 0.4) is 0 Å². The summed E-state index contributed by atoms with van der Waals surface area (Å²) in [6.45, 7) is 12.5. The third-order valence-corrected chi connectivity index (χ3v) is 14.7. The van der Waals surface area contributed by atoms with E-state index in [0.717, 1.165) is 39.3 Å². The number of hydrogen-bond donors (Lipinski definition) is 0. The molecular formula is C52H54BBrF2N4O6S2. The van der Waals surface area contributed by atoms with Gasteiger partial charge in [0.25, 0.3) is 0 Å². The molecule has 2 atom stereocenters. The summed E-state index contributed by atoms with van der Waals surface area (Å²) in [5.41, 5.74) is 4.10. The van der Waals surface area contributed by atoms with Crippen LogP contribution in [0, 0.1) is 11.6 Å². The van der Waals surface area contributed by atoms with Crippen LogP contribution in [0.15, 0.2) is 148 Å². The molecule has 0 saturated carbocycles. The number of ether oxygens (including phenoxy) is 2. The summed E-state index contributed by atoms with van der Waals surface area (Å²) in [4.78, 5) is 37.2. The average Bonchev–Trinajstić information content (AvgIpc) is 3.99. The molecule has 4 aromatic carbocycles. The molecule has 68 heavy (non-hydrogen) atoms. The van der Waals surface area contributed by atoms with Crippen LogP contribution in [0.2, 0.25) is 0 Å². The van der Waals surface area contributed by atoms with Gasteiger partial charge < -0.3 is 18.8 Å². The van der Waals surface area contributed by atoms with Crippen LogP contribution in [-0.4, -0.2) is 65.8 Å². The van der Waals surface area contributed by atoms with E-state index in [2.05, 4.69) is 50.2 Å². The fourth-order valence-corrected chi connectivity index (χ4v) is 9.17. The van der Waals surface area contributed by atoms with Gasteiger partial charge in [0, 0.05) is 61.6 Å². The average molecular weight is 1020 g/mol. The SMILES string of the molecule is Brc1ccc(SCc2ccncc2)cc1.CC[C@H]1CN(c2ccc(-c3ccc(SCc4ccncc4)cc3)c(F)c2)C(=O)O1.CC[C@H]1CN(c2ccc(B3OC(C)(C)C(C)(C)O3)c(F)c2)C(=O)O1. The minimum absolute atomic E-state index is 0.137. The van der Waals surface area contributed by atoms with Crippen molar-refractivity contribution in [1.29, 1.82) is 0 Å². The molecule has 0 radical (unpaired) electrons. The molecule has 0 N–H and O–H groups in total. The summed E-state index contributed by atoms with van der Waals surface area (Å²) in [5.74, 6) is 1.03. The monoisotopic (exact) mass is 1020 g/mol. The molecular weight excluding hydrogens is 969 g/mol. The number of carbonyl (C=O) groups excluding carboxylic acids is 2. The lowest BCUT2D eigenvalue weighted by Crippen LogP contribution is -2.41. The lowest BCUT2D eigenvalue weighted by Gasteiger charge is -2.32. The molecule has 0 spiro atoms. The molecule has 9 rings (SSSR count). The van der Waals surface area contributed by atoms with Crippen molar-refractivity contribution in [3.8, 4) is 11.1 Å². The third-order valence-electron chi connectivity index (χ3n) is 12.0. The predicted molar refractivity (Wildman–Crippen MR) is 272 cm³/mol. The second-order valence-electron chi connectivity index (χ2n) is 17.3. The van der Waals surface area contributed by atoms with E-state index in [0.29, 0.717) is 35.5 Å². The number of cyclic esters (lactones) is 2. The second kappa shape index (κ2) is 22.9. The summed E-state index contributed by atoms with van der Waals surface area (Å²) < 4.78 is 52.8. The zero-order valence-corrected chi connectivity index (χ0v) is 42.1. The quantitative estimate of drug-likeness (QED) is 0.0869. The van der Waals surface area contributed by atoms with Crippen molar-refractivity contribution in [3.05, 3.63) is 161 Å². The Morgan fingerprint density at radius 1 is 0.632 bits per heavy atom. The number of hydrogen-bond acceptors (Lipinski definition) is 10. The highest BCUT2D eigenvalue weighted by molar-refractivity contribution is 9.10. The van der Waals surface area contributed by atoms with Crippen molar-refractivity contribution in [3.63, 3.8) is 0 Å². The number of nitrogens with zero attached hydrogens (tertiary/aromatic N) is 4. The fraction of sp³-hybridized carbons (Fsp3) is 0.308. The van der Waals surface area contributed by atoms with E-state index < -0.39 is 36.3 Å². The normalized spacial score (nSPS) is 18.0. The van der Waals surface area contributed by atoms with Crippen LogP contribution in [0.5, 0.6) is 0 Å². The fourth-order valence-electron chi connectivity index (χ4n) is 7.19. The minimum Gasteiger partial charge on any atom is -0.444 e. The summed E-state index contributed by atoms with van der Waals surface area (Å²) in [5, 5.41) is 0. The Morgan fingerprint density at radius 2 is 1.07 bits per heavy atom. The van der Waals surface area contributed by atoms with Gasteiger partial charge in [0.1, 0.15) is 23.8 Å². The zero-order chi connectivity index (χ0) is 48.4. The van der Waals surface area contributed by atoms with Crippen molar-refractivity contribution >= 4 is 75.6 Å². The number of halogens is 3. The van der Waals surface area contributed by atoms with E-state index in [9.17, 15) is 18.4 Å². The number of benzene rings is 4. The van der Waals surface area contributed by atoms with Gasteiger partial charge in [-0.2, -0.15) is 0 Å². The van der Waals surface area contributed by atoms with Crippen molar-refractivity contribution in [2.45, 2.75) is 99.1 Å². The van der Waals surface area contributed by atoms with E-state index in [4.69, 9.17) is 18.8 Å². The Bertz CT molecular complexity index is 2620. The summed E-state index contributed by atoms with van der Waals surface area (Å²) in [7, 11) is -0.766. The van der Waals surface area contributed by atoms with Crippen LogP contribution in [0.1, 0.15) is 65.5 Å². The molecule has 2 amide bonds. The van der Waals surface area contributed by atoms with Gasteiger partial charge in [0.2, 0.25) is 0 Å². The number of pyridine rings is 2. The Balaban J connectivity index is 0.000000158. The van der Waals surface area contributed by atoms with Crippen LogP contribution < -0.4 is 15.3 Å². The smallest absolute Gasteiger partial charge is 0.444 e. The first kappa shape index (κ1) is 50.6. The molecule has 3 fully saturated rings. The highest BCUT2D eigenvalue weighted by Crippen LogP contribution is 2.37. The molecule has 0 aliphatic carbocycles. The second-order valence-corrected chi connectivity index (χ2v) is 20.3. The molecule has 16 heteroatoms. The molecule has 6 aromatic rings. The maximum atomic E-state index is 14.8. The molecule has 10 nitrogen and oxygen atoms in total. The van der Waals surface area contributed by atoms with E-state index in [1.54, 1.807) is 48.4 Å². The van der Waals surface area contributed by atoms with Crippen molar-refractivity contribution < 1.29 is 37.2 Å². The Kier molecular flexibility index (Phi) is 17.0. The molecule has 3 saturated heterocycles. The first-order chi connectivity index (χ1) is 32.6. The van der Waals surface area contributed by atoms with Gasteiger partial charge in [0.05, 0.1) is 35.7 Å². The summed E-state index contributed by atoms with van der Waals surface area (Å²) in [6.07, 6.45) is 7.57. The molecule has 2 aromatic heterocycles. The van der Waals surface area contributed by atoms with Crippen LogP contribution >= 0.6 is 39.5 Å². The van der Waals surface area contributed by atoms with Crippen LogP contribution in [0.4, 0.5) is 29.7 Å². The number of rotatable bonds is 12. The topological polar surface area (TPSA) is 103 Å².